The Kier molecular flexibility index (Phi) is 4.75. The van der Waals surface area contributed by atoms with Crippen LogP contribution in [0.2, 0.25) is 5.02 Å². The molecule has 0 aliphatic carbocycles. The van der Waals surface area contributed by atoms with Gasteiger partial charge in [-0.2, -0.15) is 0 Å². The highest BCUT2D eigenvalue weighted by Crippen LogP contribution is 2.18. The summed E-state index contributed by atoms with van der Waals surface area (Å²) in [5.74, 6) is -1.60. The first-order chi connectivity index (χ1) is 10.7. The van der Waals surface area contributed by atoms with Crippen LogP contribution in [0, 0.1) is 0 Å². The number of fused-ring (bicyclic) bond motifs is 1. The molecule has 1 aromatic carbocycles. The van der Waals surface area contributed by atoms with Gasteiger partial charge in [0.05, 0.1) is 5.39 Å². The maximum Gasteiger partial charge on any atom is 0.374 e. The van der Waals surface area contributed by atoms with Crippen LogP contribution in [0.3, 0.4) is 0 Å². The Morgan fingerprint density at radius 2 is 1.96 bits per heavy atom. The molecule has 0 saturated heterocycles. The number of rotatable bonds is 3. The number of carbonyl (C=O) groups excluding carboxylic acids is 2. The summed E-state index contributed by atoms with van der Waals surface area (Å²) in [6.45, 7) is 4.96. The van der Waals surface area contributed by atoms with Gasteiger partial charge in [0.2, 0.25) is 5.76 Å². The quantitative estimate of drug-likeness (QED) is 0.870. The number of ether oxygens (including phenoxy) is 1. The number of carbonyl (C=O) groups is 2. The lowest BCUT2D eigenvalue weighted by Crippen LogP contribution is -2.42. The minimum absolute atomic E-state index is 0.216. The SMILES string of the molecule is CC(C)(C)NC(=O)COC(=O)c1cc(=O)c2cc(Cl)ccc2o1. The van der Waals surface area contributed by atoms with Gasteiger partial charge in [-0.25, -0.2) is 4.79 Å². The van der Waals surface area contributed by atoms with Crippen molar-refractivity contribution >= 4 is 34.4 Å². The predicted molar refractivity (Wildman–Crippen MR) is 85.7 cm³/mol. The Balaban J connectivity index is 2.14. The van der Waals surface area contributed by atoms with E-state index in [1.54, 1.807) is 26.8 Å². The smallest absolute Gasteiger partial charge is 0.374 e. The van der Waals surface area contributed by atoms with Crippen molar-refractivity contribution in [3.8, 4) is 0 Å². The van der Waals surface area contributed by atoms with E-state index in [2.05, 4.69) is 5.32 Å². The average Bonchev–Trinajstić information content (AvgIpc) is 2.43. The van der Waals surface area contributed by atoms with Crippen molar-refractivity contribution in [2.75, 3.05) is 6.61 Å². The number of hydrogen-bond acceptors (Lipinski definition) is 5. The topological polar surface area (TPSA) is 85.6 Å². The molecule has 0 unspecified atom stereocenters. The van der Waals surface area contributed by atoms with Crippen LogP contribution < -0.4 is 10.7 Å². The second-order valence-electron chi connectivity index (χ2n) is 5.99. The van der Waals surface area contributed by atoms with Gasteiger partial charge in [0.25, 0.3) is 5.91 Å². The molecular formula is C16H16ClNO5. The molecule has 0 saturated carbocycles. The zero-order valence-corrected chi connectivity index (χ0v) is 13.7. The molecule has 0 bridgehead atoms. The lowest BCUT2D eigenvalue weighted by Gasteiger charge is -2.20. The van der Waals surface area contributed by atoms with E-state index in [1.807, 2.05) is 0 Å². The Labute approximate surface area is 137 Å². The fourth-order valence-corrected chi connectivity index (χ4v) is 2.06. The molecule has 7 heteroatoms. The van der Waals surface area contributed by atoms with Crippen LogP contribution in [-0.2, 0) is 9.53 Å². The summed E-state index contributed by atoms with van der Waals surface area (Å²) in [6.07, 6.45) is 0. The molecule has 0 aliphatic heterocycles. The van der Waals surface area contributed by atoms with Gasteiger partial charge >= 0.3 is 5.97 Å². The molecule has 1 aromatic heterocycles. The summed E-state index contributed by atoms with van der Waals surface area (Å²) in [5, 5.41) is 3.30. The summed E-state index contributed by atoms with van der Waals surface area (Å²) >= 11 is 5.81. The van der Waals surface area contributed by atoms with Crippen LogP contribution in [-0.4, -0.2) is 24.0 Å². The number of esters is 1. The summed E-state index contributed by atoms with van der Waals surface area (Å²) in [7, 11) is 0. The van der Waals surface area contributed by atoms with Crippen molar-refractivity contribution < 1.29 is 18.7 Å². The number of amides is 1. The number of halogens is 1. The van der Waals surface area contributed by atoms with E-state index in [9.17, 15) is 14.4 Å². The maximum atomic E-state index is 12.0. The highest BCUT2D eigenvalue weighted by atomic mass is 35.5. The highest BCUT2D eigenvalue weighted by Gasteiger charge is 2.18. The van der Waals surface area contributed by atoms with Gasteiger partial charge in [0.1, 0.15) is 5.58 Å². The van der Waals surface area contributed by atoms with Crippen molar-refractivity contribution in [1.29, 1.82) is 0 Å². The fourth-order valence-electron chi connectivity index (χ4n) is 1.89. The van der Waals surface area contributed by atoms with Crippen molar-refractivity contribution in [2.24, 2.45) is 0 Å². The molecule has 0 aliphatic rings. The molecule has 2 aromatic rings. The first-order valence-corrected chi connectivity index (χ1v) is 7.25. The zero-order valence-electron chi connectivity index (χ0n) is 12.9. The summed E-state index contributed by atoms with van der Waals surface area (Å²) in [4.78, 5) is 35.5. The number of benzene rings is 1. The predicted octanol–water partition coefficient (Wildman–Crippen LogP) is 2.52. The largest absolute Gasteiger partial charge is 0.450 e. The van der Waals surface area contributed by atoms with Crippen LogP contribution in [0.1, 0.15) is 31.3 Å². The minimum Gasteiger partial charge on any atom is -0.450 e. The molecule has 122 valence electrons. The van der Waals surface area contributed by atoms with E-state index in [0.717, 1.165) is 6.07 Å². The van der Waals surface area contributed by atoms with Crippen LogP contribution in [0.15, 0.2) is 33.5 Å². The van der Waals surface area contributed by atoms with E-state index in [-0.39, 0.29) is 16.7 Å². The molecule has 0 spiro atoms. The van der Waals surface area contributed by atoms with Crippen LogP contribution in [0.4, 0.5) is 0 Å². The van der Waals surface area contributed by atoms with E-state index < -0.39 is 29.5 Å². The molecular weight excluding hydrogens is 322 g/mol. The number of hydrogen-bond donors (Lipinski definition) is 1. The van der Waals surface area contributed by atoms with Crippen LogP contribution >= 0.6 is 11.6 Å². The Morgan fingerprint density at radius 1 is 1.26 bits per heavy atom. The van der Waals surface area contributed by atoms with Crippen LogP contribution in [0.25, 0.3) is 11.0 Å². The van der Waals surface area contributed by atoms with Gasteiger partial charge in [-0.15, -0.1) is 0 Å². The molecule has 6 nitrogen and oxygen atoms in total. The average molecular weight is 338 g/mol. The molecule has 2 rings (SSSR count). The Bertz CT molecular complexity index is 819. The normalized spacial score (nSPS) is 11.3. The third kappa shape index (κ3) is 4.56. The van der Waals surface area contributed by atoms with Crippen LogP contribution in [0.5, 0.6) is 0 Å². The van der Waals surface area contributed by atoms with E-state index >= 15 is 0 Å². The first-order valence-electron chi connectivity index (χ1n) is 6.87. The van der Waals surface area contributed by atoms with Gasteiger partial charge in [0.15, 0.2) is 12.0 Å². The van der Waals surface area contributed by atoms with Gasteiger partial charge in [-0.05, 0) is 39.0 Å². The van der Waals surface area contributed by atoms with Gasteiger partial charge < -0.3 is 14.5 Å². The van der Waals surface area contributed by atoms with Gasteiger partial charge in [-0.3, -0.25) is 9.59 Å². The Morgan fingerprint density at radius 3 is 2.61 bits per heavy atom. The number of nitrogens with one attached hydrogen (secondary N) is 1. The van der Waals surface area contributed by atoms with E-state index in [1.165, 1.54) is 12.1 Å². The molecule has 0 fully saturated rings. The molecule has 1 N–H and O–H groups in total. The molecule has 1 heterocycles. The zero-order chi connectivity index (χ0) is 17.2. The lowest BCUT2D eigenvalue weighted by molar-refractivity contribution is -0.125. The summed E-state index contributed by atoms with van der Waals surface area (Å²) < 4.78 is 10.2. The van der Waals surface area contributed by atoms with Crippen molar-refractivity contribution in [2.45, 2.75) is 26.3 Å². The molecule has 1 amide bonds. The highest BCUT2D eigenvalue weighted by molar-refractivity contribution is 6.31. The molecule has 0 radical (unpaired) electrons. The molecule has 0 atom stereocenters. The maximum absolute atomic E-state index is 12.0. The monoisotopic (exact) mass is 337 g/mol. The Hall–Kier alpha value is -2.34. The second-order valence-corrected chi connectivity index (χ2v) is 6.43. The summed E-state index contributed by atoms with van der Waals surface area (Å²) in [6, 6.07) is 5.50. The first kappa shape index (κ1) is 17.0. The third-order valence-corrected chi connectivity index (χ3v) is 2.97. The van der Waals surface area contributed by atoms with Gasteiger partial charge in [-0.1, -0.05) is 11.6 Å². The summed E-state index contributed by atoms with van der Waals surface area (Å²) in [5.41, 5.74) is -0.633. The molecule has 23 heavy (non-hydrogen) atoms. The van der Waals surface area contributed by atoms with E-state index in [4.69, 9.17) is 20.8 Å². The fraction of sp³-hybridized carbons (Fsp3) is 0.312. The minimum atomic E-state index is -0.886. The standard InChI is InChI=1S/C16H16ClNO5/c1-16(2,3)18-14(20)8-22-15(21)13-7-11(19)10-6-9(17)4-5-12(10)23-13/h4-7H,8H2,1-3H3,(H,18,20). The lowest BCUT2D eigenvalue weighted by atomic mass is 10.1. The van der Waals surface area contributed by atoms with Crippen molar-refractivity contribution in [3.05, 3.63) is 45.3 Å². The van der Waals surface area contributed by atoms with Crippen molar-refractivity contribution in [3.63, 3.8) is 0 Å². The van der Waals surface area contributed by atoms with E-state index in [0.29, 0.717) is 5.02 Å². The third-order valence-electron chi connectivity index (χ3n) is 2.74. The van der Waals surface area contributed by atoms with Gasteiger partial charge in [0, 0.05) is 16.6 Å². The van der Waals surface area contributed by atoms with Crippen molar-refractivity contribution in [1.82, 2.24) is 5.32 Å². The second kappa shape index (κ2) is 6.42.